The van der Waals surface area contributed by atoms with Crippen molar-refractivity contribution in [2.45, 2.75) is 13.8 Å². The van der Waals surface area contributed by atoms with Gasteiger partial charge in [0, 0.05) is 0 Å². The van der Waals surface area contributed by atoms with E-state index in [1.165, 1.54) is 13.0 Å². The maximum absolute atomic E-state index is 14.1. The van der Waals surface area contributed by atoms with Gasteiger partial charge in [-0.1, -0.05) is 5.16 Å². The molecule has 7 heteroatoms. The van der Waals surface area contributed by atoms with Gasteiger partial charge in [0.2, 0.25) is 0 Å². The summed E-state index contributed by atoms with van der Waals surface area (Å²) in [6.45, 7) is 3.23. The topological polar surface area (TPSA) is 52.3 Å². The second kappa shape index (κ2) is 5.70. The average molecular weight is 346 g/mol. The van der Waals surface area contributed by atoms with Crippen LogP contribution in [0, 0.1) is 18.6 Å². The van der Waals surface area contributed by atoms with Crippen molar-refractivity contribution in [1.29, 1.82) is 0 Å². The fourth-order valence-electron chi connectivity index (χ4n) is 1.73. The van der Waals surface area contributed by atoms with Crippen LogP contribution in [0.5, 0.6) is 0 Å². The Morgan fingerprint density at radius 2 is 2.15 bits per heavy atom. The maximum atomic E-state index is 14.1. The van der Waals surface area contributed by atoms with E-state index in [4.69, 9.17) is 9.26 Å². The number of esters is 1. The van der Waals surface area contributed by atoms with Crippen molar-refractivity contribution >= 4 is 21.9 Å². The van der Waals surface area contributed by atoms with Gasteiger partial charge in [-0.25, -0.2) is 13.6 Å². The van der Waals surface area contributed by atoms with E-state index >= 15 is 0 Å². The lowest BCUT2D eigenvalue weighted by Gasteiger charge is -2.06. The Morgan fingerprint density at radius 1 is 1.45 bits per heavy atom. The highest BCUT2D eigenvalue weighted by Gasteiger charge is 2.27. The Labute approximate surface area is 121 Å². The molecule has 1 aromatic carbocycles. The monoisotopic (exact) mass is 345 g/mol. The van der Waals surface area contributed by atoms with Crippen LogP contribution in [0.15, 0.2) is 21.1 Å². The SMILES string of the molecule is CCOC(=O)c1c(-c2c(F)ccc(Br)c2F)noc1C. The molecule has 0 saturated carbocycles. The van der Waals surface area contributed by atoms with Gasteiger partial charge in [-0.2, -0.15) is 0 Å². The molecule has 4 nitrogen and oxygen atoms in total. The van der Waals surface area contributed by atoms with Crippen LogP contribution in [0.4, 0.5) is 8.78 Å². The number of carbonyl (C=O) groups excluding carboxylic acids is 1. The number of benzene rings is 1. The quantitative estimate of drug-likeness (QED) is 0.625. The first kappa shape index (κ1) is 14.6. The van der Waals surface area contributed by atoms with Gasteiger partial charge in [0.05, 0.1) is 16.6 Å². The third kappa shape index (κ3) is 2.45. The molecule has 0 amide bonds. The minimum atomic E-state index is -0.858. The molecule has 0 spiro atoms. The van der Waals surface area contributed by atoms with Crippen molar-refractivity contribution in [2.75, 3.05) is 6.61 Å². The molecule has 0 N–H and O–H groups in total. The predicted molar refractivity (Wildman–Crippen MR) is 70.2 cm³/mol. The maximum Gasteiger partial charge on any atom is 0.344 e. The first-order chi connectivity index (χ1) is 9.47. The number of nitrogens with zero attached hydrogens (tertiary/aromatic N) is 1. The zero-order valence-electron chi connectivity index (χ0n) is 10.7. The molecule has 2 aromatic rings. The van der Waals surface area contributed by atoms with Gasteiger partial charge < -0.3 is 9.26 Å². The molecule has 0 aliphatic carbocycles. The summed E-state index contributed by atoms with van der Waals surface area (Å²) in [5.41, 5.74) is -0.723. The van der Waals surface area contributed by atoms with Crippen molar-refractivity contribution in [3.8, 4) is 11.3 Å². The fourth-order valence-corrected chi connectivity index (χ4v) is 2.06. The van der Waals surface area contributed by atoms with Gasteiger partial charge in [0.15, 0.2) is 0 Å². The van der Waals surface area contributed by atoms with Crippen molar-refractivity contribution in [3.63, 3.8) is 0 Å². The van der Waals surface area contributed by atoms with Crippen molar-refractivity contribution in [2.24, 2.45) is 0 Å². The number of carbonyl (C=O) groups is 1. The molecule has 106 valence electrons. The van der Waals surface area contributed by atoms with E-state index in [-0.39, 0.29) is 28.1 Å². The second-order valence-electron chi connectivity index (χ2n) is 3.90. The fraction of sp³-hybridized carbons (Fsp3) is 0.231. The Balaban J connectivity index is 2.66. The van der Waals surface area contributed by atoms with Crippen LogP contribution >= 0.6 is 15.9 Å². The van der Waals surface area contributed by atoms with Crippen LogP contribution in [0.3, 0.4) is 0 Å². The number of halogens is 3. The van der Waals surface area contributed by atoms with Crippen LogP contribution in [-0.2, 0) is 4.74 Å². The first-order valence-corrected chi connectivity index (χ1v) is 6.53. The smallest absolute Gasteiger partial charge is 0.344 e. The van der Waals surface area contributed by atoms with E-state index in [2.05, 4.69) is 21.1 Å². The predicted octanol–water partition coefficient (Wildman–Crippen LogP) is 3.87. The molecule has 2 rings (SSSR count). The van der Waals surface area contributed by atoms with Crippen molar-refractivity contribution in [1.82, 2.24) is 5.16 Å². The number of hydrogen-bond acceptors (Lipinski definition) is 4. The number of ether oxygens (including phenoxy) is 1. The Bertz CT molecular complexity index is 670. The molecule has 20 heavy (non-hydrogen) atoms. The van der Waals surface area contributed by atoms with Crippen LogP contribution in [0.2, 0.25) is 0 Å². The molecule has 0 bridgehead atoms. The Morgan fingerprint density at radius 3 is 2.80 bits per heavy atom. The summed E-state index contributed by atoms with van der Waals surface area (Å²) in [4.78, 5) is 11.8. The van der Waals surface area contributed by atoms with Crippen LogP contribution < -0.4 is 0 Å². The number of aryl methyl sites for hydroxylation is 1. The molecule has 1 heterocycles. The average Bonchev–Trinajstić information content (AvgIpc) is 2.77. The number of rotatable bonds is 3. The van der Waals surface area contributed by atoms with Crippen molar-refractivity contribution in [3.05, 3.63) is 39.6 Å². The minimum absolute atomic E-state index is 0.0596. The zero-order valence-corrected chi connectivity index (χ0v) is 12.3. The van der Waals surface area contributed by atoms with E-state index in [1.54, 1.807) is 6.92 Å². The molecule has 0 radical (unpaired) electrons. The molecule has 1 aromatic heterocycles. The third-order valence-corrected chi connectivity index (χ3v) is 3.24. The largest absolute Gasteiger partial charge is 0.462 e. The summed E-state index contributed by atoms with van der Waals surface area (Å²) in [6, 6.07) is 2.30. The molecule has 0 unspecified atom stereocenters. The third-order valence-electron chi connectivity index (χ3n) is 2.62. The van der Waals surface area contributed by atoms with Crippen LogP contribution in [0.1, 0.15) is 23.0 Å². The zero-order chi connectivity index (χ0) is 14.9. The molecule has 0 fully saturated rings. The highest BCUT2D eigenvalue weighted by Crippen LogP contribution is 2.33. The van der Waals surface area contributed by atoms with E-state index in [9.17, 15) is 13.6 Å². The first-order valence-electron chi connectivity index (χ1n) is 5.74. The van der Waals surface area contributed by atoms with E-state index < -0.39 is 23.2 Å². The molecule has 0 aliphatic rings. The highest BCUT2D eigenvalue weighted by molar-refractivity contribution is 9.10. The second-order valence-corrected chi connectivity index (χ2v) is 4.76. The van der Waals surface area contributed by atoms with Gasteiger partial charge in [0.1, 0.15) is 28.7 Å². The summed E-state index contributed by atoms with van der Waals surface area (Å²) in [5, 5.41) is 3.58. The van der Waals surface area contributed by atoms with Gasteiger partial charge in [0.25, 0.3) is 0 Å². The minimum Gasteiger partial charge on any atom is -0.462 e. The van der Waals surface area contributed by atoms with Crippen LogP contribution in [0.25, 0.3) is 11.3 Å². The standard InChI is InChI=1S/C13H10BrF2NO3/c1-3-19-13(18)9-6(2)20-17-12(9)10-8(15)5-4-7(14)11(10)16/h4-5H,3H2,1-2H3. The Kier molecular flexibility index (Phi) is 4.17. The van der Waals surface area contributed by atoms with Crippen LogP contribution in [-0.4, -0.2) is 17.7 Å². The van der Waals surface area contributed by atoms with E-state index in [0.717, 1.165) is 6.07 Å². The van der Waals surface area contributed by atoms with E-state index in [1.807, 2.05) is 0 Å². The normalized spacial score (nSPS) is 10.7. The highest BCUT2D eigenvalue weighted by atomic mass is 79.9. The molecular weight excluding hydrogens is 336 g/mol. The van der Waals surface area contributed by atoms with Gasteiger partial charge in [-0.05, 0) is 41.9 Å². The summed E-state index contributed by atoms with van der Waals surface area (Å²) < 4.78 is 37.7. The van der Waals surface area contributed by atoms with Gasteiger partial charge in [-0.3, -0.25) is 0 Å². The van der Waals surface area contributed by atoms with Gasteiger partial charge in [-0.15, -0.1) is 0 Å². The molecule has 0 saturated heterocycles. The number of hydrogen-bond donors (Lipinski definition) is 0. The lowest BCUT2D eigenvalue weighted by atomic mass is 10.1. The molecule has 0 atom stereocenters. The Hall–Kier alpha value is -1.76. The lowest BCUT2D eigenvalue weighted by molar-refractivity contribution is 0.0525. The van der Waals surface area contributed by atoms with Gasteiger partial charge >= 0.3 is 5.97 Å². The summed E-state index contributed by atoms with van der Waals surface area (Å²) >= 11 is 2.96. The van der Waals surface area contributed by atoms with Crippen molar-refractivity contribution < 1.29 is 22.8 Å². The summed E-state index contributed by atoms with van der Waals surface area (Å²) in [5.74, 6) is -2.30. The number of aromatic nitrogens is 1. The lowest BCUT2D eigenvalue weighted by Crippen LogP contribution is -2.07. The van der Waals surface area contributed by atoms with E-state index in [0.29, 0.717) is 0 Å². The summed E-state index contributed by atoms with van der Waals surface area (Å²) in [6.07, 6.45) is 0. The summed E-state index contributed by atoms with van der Waals surface area (Å²) in [7, 11) is 0. The molecular formula is C13H10BrF2NO3. The molecule has 0 aliphatic heterocycles.